The van der Waals surface area contributed by atoms with Crippen molar-refractivity contribution in [2.75, 3.05) is 5.32 Å². The summed E-state index contributed by atoms with van der Waals surface area (Å²) in [7, 11) is 0. The second-order valence-corrected chi connectivity index (χ2v) is 6.41. The number of nitrogens with one attached hydrogen (secondary N) is 2. The first-order chi connectivity index (χ1) is 13.7. The first-order valence-corrected chi connectivity index (χ1v) is 9.01. The summed E-state index contributed by atoms with van der Waals surface area (Å²) >= 11 is 0. The van der Waals surface area contributed by atoms with Crippen molar-refractivity contribution in [1.82, 2.24) is 5.32 Å². The molecule has 0 aliphatic carbocycles. The maximum absolute atomic E-state index is 12.5. The molecule has 0 aromatic heterocycles. The van der Waals surface area contributed by atoms with Crippen LogP contribution in [0.4, 0.5) is 5.69 Å². The minimum absolute atomic E-state index is 0.0115. The zero-order valence-electron chi connectivity index (χ0n) is 15.6. The van der Waals surface area contributed by atoms with Crippen LogP contribution in [0.3, 0.4) is 0 Å². The van der Waals surface area contributed by atoms with Crippen molar-refractivity contribution in [1.29, 1.82) is 5.26 Å². The van der Waals surface area contributed by atoms with E-state index in [0.717, 1.165) is 16.7 Å². The summed E-state index contributed by atoms with van der Waals surface area (Å²) in [6.45, 7) is 1.98. The predicted octanol–water partition coefficient (Wildman–Crippen LogP) is 4.72. The second-order valence-electron chi connectivity index (χ2n) is 6.41. The molecule has 0 aliphatic heterocycles. The summed E-state index contributed by atoms with van der Waals surface area (Å²) in [6.07, 6.45) is 1.48. The Labute approximate surface area is 165 Å². The number of aryl methyl sites for hydroxylation is 1. The average Bonchev–Trinajstić information content (AvgIpc) is 2.74. The molecule has 0 heterocycles. The zero-order valence-corrected chi connectivity index (χ0v) is 15.6. The van der Waals surface area contributed by atoms with Gasteiger partial charge in [-0.05, 0) is 30.2 Å². The number of rotatable bonds is 6. The monoisotopic (exact) mass is 367 g/mol. The highest BCUT2D eigenvalue weighted by Crippen LogP contribution is 2.22. The third-order valence-electron chi connectivity index (χ3n) is 4.33. The number of amides is 1. The van der Waals surface area contributed by atoms with Gasteiger partial charge in [0.1, 0.15) is 11.6 Å². The summed E-state index contributed by atoms with van der Waals surface area (Å²) in [5.41, 5.74) is 3.85. The van der Waals surface area contributed by atoms with Crippen molar-refractivity contribution < 1.29 is 4.79 Å². The van der Waals surface area contributed by atoms with Gasteiger partial charge in [-0.15, -0.1) is 0 Å². The second kappa shape index (κ2) is 9.20. The molecule has 4 nitrogen and oxygen atoms in total. The van der Waals surface area contributed by atoms with E-state index in [4.69, 9.17) is 0 Å². The van der Waals surface area contributed by atoms with E-state index >= 15 is 0 Å². The summed E-state index contributed by atoms with van der Waals surface area (Å²) in [4.78, 5) is 12.5. The largest absolute Gasteiger partial charge is 0.379 e. The van der Waals surface area contributed by atoms with Crippen molar-refractivity contribution in [3.05, 3.63) is 113 Å². The van der Waals surface area contributed by atoms with E-state index in [1.165, 1.54) is 6.20 Å². The number of carbonyl (C=O) groups excluding carboxylic acids is 1. The molecule has 0 atom stereocenters. The molecule has 3 aromatic rings. The Hall–Kier alpha value is -3.84. The maximum Gasteiger partial charge on any atom is 0.267 e. The summed E-state index contributed by atoms with van der Waals surface area (Å²) in [5, 5.41) is 15.4. The van der Waals surface area contributed by atoms with Gasteiger partial charge in [-0.2, -0.15) is 5.26 Å². The summed E-state index contributed by atoms with van der Waals surface area (Å²) < 4.78 is 0. The molecule has 0 unspecified atom stereocenters. The van der Waals surface area contributed by atoms with Crippen LogP contribution in [-0.4, -0.2) is 5.91 Å². The fourth-order valence-corrected chi connectivity index (χ4v) is 2.83. The lowest BCUT2D eigenvalue weighted by Gasteiger charge is -2.19. The Morgan fingerprint density at radius 3 is 1.93 bits per heavy atom. The van der Waals surface area contributed by atoms with Crippen LogP contribution >= 0.6 is 0 Å². The average molecular weight is 367 g/mol. The smallest absolute Gasteiger partial charge is 0.267 e. The lowest BCUT2D eigenvalue weighted by molar-refractivity contribution is -0.112. The van der Waals surface area contributed by atoms with Gasteiger partial charge in [-0.25, -0.2) is 0 Å². The van der Waals surface area contributed by atoms with Gasteiger partial charge in [0.05, 0.1) is 6.04 Å². The summed E-state index contributed by atoms with van der Waals surface area (Å²) in [6, 6.07) is 29.1. The molecule has 28 heavy (non-hydrogen) atoms. The summed E-state index contributed by atoms with van der Waals surface area (Å²) in [5.74, 6) is -0.446. The Bertz CT molecular complexity index is 948. The van der Waals surface area contributed by atoms with E-state index in [9.17, 15) is 10.1 Å². The van der Waals surface area contributed by atoms with E-state index in [1.54, 1.807) is 0 Å². The molecule has 2 N–H and O–H groups in total. The lowest BCUT2D eigenvalue weighted by Crippen LogP contribution is -2.21. The van der Waals surface area contributed by atoms with Crippen molar-refractivity contribution in [3.8, 4) is 6.07 Å². The van der Waals surface area contributed by atoms with Gasteiger partial charge in [0.2, 0.25) is 0 Å². The van der Waals surface area contributed by atoms with Crippen LogP contribution in [0, 0.1) is 18.3 Å². The van der Waals surface area contributed by atoms with Crippen molar-refractivity contribution >= 4 is 11.6 Å². The van der Waals surface area contributed by atoms with E-state index in [0.29, 0.717) is 5.69 Å². The highest BCUT2D eigenvalue weighted by Gasteiger charge is 2.14. The molecule has 3 rings (SSSR count). The maximum atomic E-state index is 12.5. The highest BCUT2D eigenvalue weighted by atomic mass is 16.1. The van der Waals surface area contributed by atoms with Crippen LogP contribution < -0.4 is 10.6 Å². The van der Waals surface area contributed by atoms with Gasteiger partial charge in [-0.1, -0.05) is 78.4 Å². The number of anilines is 1. The minimum Gasteiger partial charge on any atom is -0.379 e. The van der Waals surface area contributed by atoms with E-state index in [2.05, 4.69) is 10.6 Å². The van der Waals surface area contributed by atoms with Crippen LogP contribution in [0.25, 0.3) is 0 Å². The molecule has 3 aromatic carbocycles. The van der Waals surface area contributed by atoms with Gasteiger partial charge >= 0.3 is 0 Å². The normalized spacial score (nSPS) is 11.0. The Morgan fingerprint density at radius 2 is 1.43 bits per heavy atom. The Balaban J connectivity index is 1.81. The number of hydrogen-bond donors (Lipinski definition) is 2. The molecular weight excluding hydrogens is 346 g/mol. The van der Waals surface area contributed by atoms with Crippen LogP contribution in [0.5, 0.6) is 0 Å². The van der Waals surface area contributed by atoms with Crippen molar-refractivity contribution in [2.24, 2.45) is 0 Å². The SMILES string of the molecule is Cc1ccc(NC(=O)/C(C#N)=C\NC(c2ccccc2)c2ccccc2)cc1. The van der Waals surface area contributed by atoms with Gasteiger partial charge in [0.15, 0.2) is 0 Å². The predicted molar refractivity (Wildman–Crippen MR) is 111 cm³/mol. The number of hydrogen-bond acceptors (Lipinski definition) is 3. The Kier molecular flexibility index (Phi) is 6.22. The van der Waals surface area contributed by atoms with E-state index in [-0.39, 0.29) is 11.6 Å². The quantitative estimate of drug-likeness (QED) is 0.489. The van der Waals surface area contributed by atoms with E-state index in [1.807, 2.05) is 97.9 Å². The fourth-order valence-electron chi connectivity index (χ4n) is 2.83. The minimum atomic E-state index is -0.446. The lowest BCUT2D eigenvalue weighted by atomic mass is 9.99. The van der Waals surface area contributed by atoms with Crippen molar-refractivity contribution in [2.45, 2.75) is 13.0 Å². The molecule has 0 fully saturated rings. The van der Waals surface area contributed by atoms with Gasteiger partial charge in [-0.3, -0.25) is 4.79 Å². The number of carbonyl (C=O) groups is 1. The molecule has 0 bridgehead atoms. The third kappa shape index (κ3) is 4.87. The molecule has 0 aliphatic rings. The van der Waals surface area contributed by atoms with Crippen LogP contribution in [0.1, 0.15) is 22.7 Å². The molecule has 0 saturated heterocycles. The van der Waals surface area contributed by atoms with E-state index < -0.39 is 5.91 Å². The first kappa shape index (κ1) is 18.9. The van der Waals surface area contributed by atoms with Crippen LogP contribution in [0.15, 0.2) is 96.7 Å². The zero-order chi connectivity index (χ0) is 19.8. The van der Waals surface area contributed by atoms with Crippen molar-refractivity contribution in [3.63, 3.8) is 0 Å². The number of benzene rings is 3. The highest BCUT2D eigenvalue weighted by molar-refractivity contribution is 6.06. The van der Waals surface area contributed by atoms with Gasteiger partial charge in [0.25, 0.3) is 5.91 Å². The van der Waals surface area contributed by atoms with Gasteiger partial charge in [0, 0.05) is 11.9 Å². The number of nitrogens with zero attached hydrogens (tertiary/aromatic N) is 1. The standard InChI is InChI=1S/C24H21N3O/c1-18-12-14-22(15-13-18)27-24(28)21(16-25)17-26-23(19-8-4-2-5-9-19)20-10-6-3-7-11-20/h2-15,17,23,26H,1H3,(H,27,28)/b21-17-. The molecular formula is C24H21N3O. The third-order valence-corrected chi connectivity index (χ3v) is 4.33. The first-order valence-electron chi connectivity index (χ1n) is 9.01. The molecule has 0 saturated carbocycles. The molecule has 0 radical (unpaired) electrons. The van der Waals surface area contributed by atoms with Crippen LogP contribution in [0.2, 0.25) is 0 Å². The molecule has 1 amide bonds. The molecule has 4 heteroatoms. The topological polar surface area (TPSA) is 64.9 Å². The molecule has 0 spiro atoms. The fraction of sp³-hybridized carbons (Fsp3) is 0.0833. The Morgan fingerprint density at radius 1 is 0.893 bits per heavy atom. The van der Waals surface area contributed by atoms with Gasteiger partial charge < -0.3 is 10.6 Å². The van der Waals surface area contributed by atoms with Crippen LogP contribution in [-0.2, 0) is 4.79 Å². The number of nitriles is 1. The molecule has 138 valence electrons.